The zero-order valence-corrected chi connectivity index (χ0v) is 14.1. The van der Waals surface area contributed by atoms with E-state index in [0.29, 0.717) is 0 Å². The molecule has 0 fully saturated rings. The Labute approximate surface area is 138 Å². The smallest absolute Gasteiger partial charge is 0.134 e. The summed E-state index contributed by atoms with van der Waals surface area (Å²) in [7, 11) is -3.32. The van der Waals surface area contributed by atoms with Crippen LogP contribution in [0.1, 0.15) is 0 Å². The molecule has 0 aromatic heterocycles. The van der Waals surface area contributed by atoms with Crippen LogP contribution in [0.5, 0.6) is 0 Å². The first-order valence-corrected chi connectivity index (χ1v) is 9.49. The van der Waals surface area contributed by atoms with Crippen molar-refractivity contribution in [2.75, 3.05) is 0 Å². The molecule has 0 aliphatic carbocycles. The van der Waals surface area contributed by atoms with Crippen LogP contribution in [-0.4, -0.2) is 9.79 Å². The van der Waals surface area contributed by atoms with Crippen LogP contribution in [0.3, 0.4) is 0 Å². The van der Waals surface area contributed by atoms with Crippen LogP contribution in [0, 0.1) is 0 Å². The highest BCUT2D eigenvalue weighted by atomic mass is 31.1. The van der Waals surface area contributed by atoms with Gasteiger partial charge in [-0.25, -0.2) is 0 Å². The molecule has 116 valence electrons. The van der Waals surface area contributed by atoms with Gasteiger partial charge in [0, 0.05) is 4.57 Å². The standard InChI is InChI=1S/C18H15P.HO3P/c1-4-10-16(11-5-1)19(17-12-6-2-7-13-17)18-14-8-3-9-15-18;1-4(2)3/h1-15H;(H-,1,2,3)/p+1. The van der Waals surface area contributed by atoms with E-state index in [4.69, 9.17) is 14.4 Å². The van der Waals surface area contributed by atoms with Gasteiger partial charge in [0.15, 0.2) is 0 Å². The normalized spacial score (nSPS) is 9.87. The van der Waals surface area contributed by atoms with Crippen LogP contribution >= 0.6 is 16.2 Å². The topological polar surface area (TPSA) is 57.5 Å². The number of hydrogen-bond donors (Lipinski definition) is 2. The Morgan fingerprint density at radius 2 is 0.783 bits per heavy atom. The molecule has 3 rings (SSSR count). The van der Waals surface area contributed by atoms with Gasteiger partial charge in [0.1, 0.15) is 0 Å². The fourth-order valence-electron chi connectivity index (χ4n) is 2.18. The van der Waals surface area contributed by atoms with E-state index in [-0.39, 0.29) is 0 Å². The summed E-state index contributed by atoms with van der Waals surface area (Å²) in [6.07, 6.45) is 0. The Morgan fingerprint density at radius 1 is 0.565 bits per heavy atom. The second-order valence-electron chi connectivity index (χ2n) is 4.59. The van der Waals surface area contributed by atoms with Crippen LogP contribution in [-0.2, 0) is 4.57 Å². The van der Waals surface area contributed by atoms with Crippen molar-refractivity contribution in [3.05, 3.63) is 91.0 Å². The van der Waals surface area contributed by atoms with Crippen molar-refractivity contribution < 1.29 is 14.4 Å². The van der Waals surface area contributed by atoms with Crippen LogP contribution < -0.4 is 15.9 Å². The molecule has 0 amide bonds. The third-order valence-corrected chi connectivity index (χ3v) is 5.49. The highest BCUT2D eigenvalue weighted by Crippen LogP contribution is 2.32. The Hall–Kier alpha value is -1.89. The predicted octanol–water partition coefficient (Wildman–Crippen LogP) is 3.07. The quantitative estimate of drug-likeness (QED) is 0.719. The van der Waals surface area contributed by atoms with Crippen molar-refractivity contribution in [1.29, 1.82) is 0 Å². The van der Waals surface area contributed by atoms with Gasteiger partial charge in [0.25, 0.3) is 0 Å². The molecule has 0 bridgehead atoms. The minimum absolute atomic E-state index is 0.446. The van der Waals surface area contributed by atoms with Crippen LogP contribution in [0.25, 0.3) is 0 Å². The summed E-state index contributed by atoms with van der Waals surface area (Å²) in [5.74, 6) is 0. The average molecular weight is 343 g/mol. The molecular formula is C18H17O3P2+. The van der Waals surface area contributed by atoms with E-state index in [9.17, 15) is 0 Å². The lowest BCUT2D eigenvalue weighted by molar-refractivity contribution is 0.405. The first-order chi connectivity index (χ1) is 11.2. The Bertz CT molecular complexity index is 621. The zero-order chi connectivity index (χ0) is 16.5. The van der Waals surface area contributed by atoms with Crippen LogP contribution in [0.15, 0.2) is 91.0 Å². The molecule has 0 heterocycles. The second kappa shape index (κ2) is 9.29. The van der Waals surface area contributed by atoms with E-state index >= 15 is 0 Å². The molecule has 0 aliphatic heterocycles. The van der Waals surface area contributed by atoms with Gasteiger partial charge in [-0.05, 0) is 23.8 Å². The van der Waals surface area contributed by atoms with Gasteiger partial charge in [-0.1, -0.05) is 91.0 Å². The average Bonchev–Trinajstić information content (AvgIpc) is 2.58. The summed E-state index contributed by atoms with van der Waals surface area (Å²) in [6, 6.07) is 32.3. The fraction of sp³-hybridized carbons (Fsp3) is 0. The van der Waals surface area contributed by atoms with Gasteiger partial charge < -0.3 is 0 Å². The molecule has 0 unspecified atom stereocenters. The lowest BCUT2D eigenvalue weighted by Gasteiger charge is -2.18. The largest absolute Gasteiger partial charge is 0.692 e. The van der Waals surface area contributed by atoms with Crippen molar-refractivity contribution in [2.45, 2.75) is 0 Å². The minimum atomic E-state index is -2.87. The summed E-state index contributed by atoms with van der Waals surface area (Å²) in [5, 5.41) is 4.19. The van der Waals surface area contributed by atoms with Crippen molar-refractivity contribution in [3.8, 4) is 0 Å². The number of rotatable bonds is 3. The molecule has 2 N–H and O–H groups in total. The van der Waals surface area contributed by atoms with Crippen molar-refractivity contribution >= 4 is 32.1 Å². The molecule has 0 saturated carbocycles. The summed E-state index contributed by atoms with van der Waals surface area (Å²) in [6.45, 7) is 0. The van der Waals surface area contributed by atoms with E-state index in [1.54, 1.807) is 0 Å². The molecule has 0 radical (unpaired) electrons. The molecule has 0 aliphatic rings. The summed E-state index contributed by atoms with van der Waals surface area (Å²) in [4.78, 5) is 14.2. The van der Waals surface area contributed by atoms with E-state index in [1.165, 1.54) is 15.9 Å². The van der Waals surface area contributed by atoms with Gasteiger partial charge in [-0.2, -0.15) is 0 Å². The van der Waals surface area contributed by atoms with E-state index < -0.39 is 16.2 Å². The Balaban J connectivity index is 0.000000433. The van der Waals surface area contributed by atoms with Crippen LogP contribution in [0.4, 0.5) is 0 Å². The van der Waals surface area contributed by atoms with Gasteiger partial charge in [-0.15, -0.1) is 9.79 Å². The van der Waals surface area contributed by atoms with Crippen molar-refractivity contribution in [1.82, 2.24) is 0 Å². The van der Waals surface area contributed by atoms with Gasteiger partial charge in [-0.3, -0.25) is 0 Å². The third kappa shape index (κ3) is 5.67. The van der Waals surface area contributed by atoms with Crippen molar-refractivity contribution in [3.63, 3.8) is 0 Å². The summed E-state index contributed by atoms with van der Waals surface area (Å²) in [5.41, 5.74) is 0. The van der Waals surface area contributed by atoms with Gasteiger partial charge >= 0.3 is 8.25 Å². The maximum absolute atomic E-state index is 8.70. The maximum atomic E-state index is 8.70. The monoisotopic (exact) mass is 343 g/mol. The molecule has 0 saturated heterocycles. The Kier molecular flexibility index (Phi) is 7.06. The zero-order valence-electron chi connectivity index (χ0n) is 12.4. The fourth-order valence-corrected chi connectivity index (χ4v) is 4.48. The summed E-state index contributed by atoms with van der Waals surface area (Å²) < 4.78 is 8.70. The second-order valence-corrected chi connectivity index (χ2v) is 7.32. The first kappa shape index (κ1) is 17.5. The number of hydrogen-bond acceptors (Lipinski definition) is 1. The molecule has 0 atom stereocenters. The lowest BCUT2D eigenvalue weighted by atomic mass is 10.4. The molecule has 3 aromatic rings. The number of benzene rings is 3. The van der Waals surface area contributed by atoms with E-state index in [2.05, 4.69) is 91.0 Å². The lowest BCUT2D eigenvalue weighted by Crippen LogP contribution is -2.20. The Morgan fingerprint density at radius 3 is 1.00 bits per heavy atom. The first-order valence-electron chi connectivity index (χ1n) is 6.99. The molecular weight excluding hydrogens is 326 g/mol. The molecule has 3 nitrogen and oxygen atoms in total. The van der Waals surface area contributed by atoms with E-state index in [1.807, 2.05) is 0 Å². The van der Waals surface area contributed by atoms with Gasteiger partial charge in [0.05, 0.1) is 0 Å². The molecule has 3 aromatic carbocycles. The van der Waals surface area contributed by atoms with Crippen LogP contribution in [0.2, 0.25) is 0 Å². The summed E-state index contributed by atoms with van der Waals surface area (Å²) >= 11 is 0. The molecule has 23 heavy (non-hydrogen) atoms. The predicted molar refractivity (Wildman–Crippen MR) is 97.2 cm³/mol. The molecule has 0 spiro atoms. The highest BCUT2D eigenvalue weighted by molar-refractivity contribution is 7.79. The van der Waals surface area contributed by atoms with Crippen molar-refractivity contribution in [2.24, 2.45) is 0 Å². The maximum Gasteiger partial charge on any atom is 0.692 e. The molecule has 5 heteroatoms. The minimum Gasteiger partial charge on any atom is -0.134 e. The van der Waals surface area contributed by atoms with E-state index in [0.717, 1.165) is 0 Å². The highest BCUT2D eigenvalue weighted by Gasteiger charge is 2.14. The SMILES string of the molecule is O=[P+](O)O.c1ccc(P(c2ccccc2)c2ccccc2)cc1. The third-order valence-electron chi connectivity index (χ3n) is 3.04. The van der Waals surface area contributed by atoms with Gasteiger partial charge in [0.2, 0.25) is 0 Å².